The van der Waals surface area contributed by atoms with Crippen LogP contribution in [0.4, 0.5) is 5.69 Å². The van der Waals surface area contributed by atoms with E-state index in [-0.39, 0.29) is 11.9 Å². The molecular formula is C17H23NO4. The number of carboxylic acids is 1. The maximum Gasteiger partial charge on any atom is 0.328 e. The Labute approximate surface area is 131 Å². The fourth-order valence-corrected chi connectivity index (χ4v) is 2.44. The van der Waals surface area contributed by atoms with Crippen molar-refractivity contribution in [3.8, 4) is 0 Å². The number of carbonyl (C=O) groups excluding carboxylic acids is 1. The molecule has 0 aliphatic rings. The van der Waals surface area contributed by atoms with Crippen molar-refractivity contribution in [3.63, 3.8) is 0 Å². The molecule has 22 heavy (non-hydrogen) atoms. The van der Waals surface area contributed by atoms with E-state index in [1.807, 2.05) is 39.0 Å². The van der Waals surface area contributed by atoms with Gasteiger partial charge >= 0.3 is 5.97 Å². The van der Waals surface area contributed by atoms with Crippen molar-refractivity contribution in [2.75, 3.05) is 18.6 Å². The maximum absolute atomic E-state index is 12.5. The quantitative estimate of drug-likeness (QED) is 0.786. The number of hydrogen-bond acceptors (Lipinski definition) is 3. The van der Waals surface area contributed by atoms with Gasteiger partial charge in [0.2, 0.25) is 0 Å². The minimum atomic E-state index is -1.15. The van der Waals surface area contributed by atoms with Crippen molar-refractivity contribution in [2.24, 2.45) is 0 Å². The van der Waals surface area contributed by atoms with Crippen molar-refractivity contribution in [3.05, 3.63) is 41.5 Å². The predicted molar refractivity (Wildman–Crippen MR) is 86.2 cm³/mol. The molecule has 0 fully saturated rings. The Balaban J connectivity index is 3.32. The van der Waals surface area contributed by atoms with Gasteiger partial charge in [-0.25, -0.2) is 4.79 Å². The highest BCUT2D eigenvalue weighted by Gasteiger charge is 2.24. The topological polar surface area (TPSA) is 66.8 Å². The molecule has 1 aromatic rings. The second-order valence-corrected chi connectivity index (χ2v) is 5.12. The minimum absolute atomic E-state index is 0.206. The summed E-state index contributed by atoms with van der Waals surface area (Å²) in [4.78, 5) is 24.8. The number of benzene rings is 1. The van der Waals surface area contributed by atoms with E-state index in [0.29, 0.717) is 6.61 Å². The van der Waals surface area contributed by atoms with Gasteiger partial charge in [0.05, 0.1) is 18.3 Å². The van der Waals surface area contributed by atoms with Crippen molar-refractivity contribution >= 4 is 17.6 Å². The zero-order chi connectivity index (χ0) is 16.7. The van der Waals surface area contributed by atoms with E-state index in [4.69, 9.17) is 9.84 Å². The summed E-state index contributed by atoms with van der Waals surface area (Å²) < 4.78 is 5.16. The number of hydrogen-bond donors (Lipinski definition) is 1. The lowest BCUT2D eigenvalue weighted by molar-refractivity contribution is -0.131. The molecule has 1 rings (SSSR count). The van der Waals surface area contributed by atoms with Gasteiger partial charge in [-0.3, -0.25) is 4.79 Å². The molecule has 0 saturated heterocycles. The molecule has 0 bridgehead atoms. The number of amides is 1. The number of aryl methyl sites for hydroxylation is 2. The molecule has 0 aliphatic carbocycles. The lowest BCUT2D eigenvalue weighted by Gasteiger charge is -2.31. The molecule has 1 unspecified atom stereocenters. The molecule has 0 radical (unpaired) electrons. The van der Waals surface area contributed by atoms with Crippen LogP contribution in [-0.2, 0) is 20.7 Å². The average molecular weight is 305 g/mol. The summed E-state index contributed by atoms with van der Waals surface area (Å²) in [6.07, 6.45) is 2.72. The normalized spacial score (nSPS) is 12.4. The molecule has 120 valence electrons. The SMILES string of the molecule is CCc1cccc(C)c1N(C(=O)/C=C/C(=O)O)C(C)COC. The van der Waals surface area contributed by atoms with Crippen LogP contribution in [0.15, 0.2) is 30.4 Å². The lowest BCUT2D eigenvalue weighted by atomic mass is 10.0. The number of anilines is 1. The molecule has 5 nitrogen and oxygen atoms in total. The Bertz CT molecular complexity index is 566. The number of para-hydroxylation sites is 1. The number of carboxylic acid groups (broad SMARTS) is 1. The van der Waals surface area contributed by atoms with Gasteiger partial charge in [0.25, 0.3) is 5.91 Å². The molecule has 0 spiro atoms. The van der Waals surface area contributed by atoms with Crippen LogP contribution in [0, 0.1) is 6.92 Å². The number of rotatable bonds is 7. The fraction of sp³-hybridized carbons (Fsp3) is 0.412. The minimum Gasteiger partial charge on any atom is -0.478 e. The molecule has 0 aliphatic heterocycles. The predicted octanol–water partition coefficient (Wildman–Crippen LogP) is 2.57. The van der Waals surface area contributed by atoms with Crippen molar-refractivity contribution in [1.82, 2.24) is 0 Å². The van der Waals surface area contributed by atoms with E-state index in [0.717, 1.165) is 35.4 Å². The largest absolute Gasteiger partial charge is 0.478 e. The van der Waals surface area contributed by atoms with Crippen molar-refractivity contribution < 1.29 is 19.4 Å². The molecule has 1 N–H and O–H groups in total. The molecule has 0 aromatic heterocycles. The highest BCUT2D eigenvalue weighted by molar-refractivity contribution is 6.05. The highest BCUT2D eigenvalue weighted by atomic mass is 16.5. The van der Waals surface area contributed by atoms with Crippen LogP contribution in [0.25, 0.3) is 0 Å². The first kappa shape index (κ1) is 17.9. The van der Waals surface area contributed by atoms with Crippen molar-refractivity contribution in [2.45, 2.75) is 33.2 Å². The van der Waals surface area contributed by atoms with Gasteiger partial charge in [0.1, 0.15) is 0 Å². The van der Waals surface area contributed by atoms with E-state index in [9.17, 15) is 9.59 Å². The molecule has 1 aromatic carbocycles. The standard InChI is InChI=1S/C17H23NO4/c1-5-14-8-6-7-12(2)17(14)18(13(3)11-22-4)15(19)9-10-16(20)21/h6-10,13H,5,11H2,1-4H3,(H,20,21)/b10-9+. The maximum atomic E-state index is 12.5. The summed E-state index contributed by atoms with van der Waals surface area (Å²) in [6, 6.07) is 5.66. The van der Waals surface area contributed by atoms with Gasteiger partial charge in [-0.2, -0.15) is 0 Å². The van der Waals surface area contributed by atoms with E-state index in [1.54, 1.807) is 12.0 Å². The summed E-state index contributed by atoms with van der Waals surface area (Å²) in [5.74, 6) is -1.51. The van der Waals surface area contributed by atoms with Crippen molar-refractivity contribution in [1.29, 1.82) is 0 Å². The monoisotopic (exact) mass is 305 g/mol. The van der Waals surface area contributed by atoms with Crippen LogP contribution in [0.1, 0.15) is 25.0 Å². The van der Waals surface area contributed by atoms with E-state index in [1.165, 1.54) is 0 Å². The smallest absolute Gasteiger partial charge is 0.328 e. The number of aliphatic carboxylic acids is 1. The van der Waals surface area contributed by atoms with Crippen LogP contribution in [0.3, 0.4) is 0 Å². The first-order chi connectivity index (χ1) is 10.4. The molecule has 1 atom stereocenters. The van der Waals surface area contributed by atoms with Crippen LogP contribution < -0.4 is 4.90 Å². The number of carbonyl (C=O) groups is 2. The Morgan fingerprint density at radius 1 is 1.36 bits per heavy atom. The van der Waals surface area contributed by atoms with Gasteiger partial charge in [-0.15, -0.1) is 0 Å². The van der Waals surface area contributed by atoms with Gasteiger partial charge in [0, 0.05) is 19.3 Å². The lowest BCUT2D eigenvalue weighted by Crippen LogP contribution is -2.41. The van der Waals surface area contributed by atoms with Gasteiger partial charge in [-0.1, -0.05) is 25.1 Å². The summed E-state index contributed by atoms with van der Waals surface area (Å²) in [7, 11) is 1.57. The Morgan fingerprint density at radius 2 is 2.05 bits per heavy atom. The zero-order valence-electron chi connectivity index (χ0n) is 13.5. The number of nitrogens with zero attached hydrogens (tertiary/aromatic N) is 1. The van der Waals surface area contributed by atoms with Gasteiger partial charge in [-0.05, 0) is 31.4 Å². The van der Waals surface area contributed by atoms with E-state index in [2.05, 4.69) is 0 Å². The first-order valence-corrected chi connectivity index (χ1v) is 7.24. The molecule has 0 heterocycles. The molecular weight excluding hydrogens is 282 g/mol. The second-order valence-electron chi connectivity index (χ2n) is 5.12. The summed E-state index contributed by atoms with van der Waals surface area (Å²) >= 11 is 0. The fourth-order valence-electron chi connectivity index (χ4n) is 2.44. The van der Waals surface area contributed by atoms with Gasteiger partial charge in [0.15, 0.2) is 0 Å². The number of ether oxygens (including phenoxy) is 1. The highest BCUT2D eigenvalue weighted by Crippen LogP contribution is 2.28. The summed E-state index contributed by atoms with van der Waals surface area (Å²) in [6.45, 7) is 6.20. The first-order valence-electron chi connectivity index (χ1n) is 7.24. The Kier molecular flexibility index (Phi) is 6.79. The third kappa shape index (κ3) is 4.43. The molecule has 0 saturated carbocycles. The third-order valence-electron chi connectivity index (χ3n) is 3.40. The summed E-state index contributed by atoms with van der Waals surface area (Å²) in [5, 5.41) is 8.73. The average Bonchev–Trinajstić information content (AvgIpc) is 2.47. The Hall–Kier alpha value is -2.14. The molecule has 5 heteroatoms. The van der Waals surface area contributed by atoms with Crippen LogP contribution in [0.5, 0.6) is 0 Å². The van der Waals surface area contributed by atoms with E-state index >= 15 is 0 Å². The van der Waals surface area contributed by atoms with Crippen LogP contribution >= 0.6 is 0 Å². The second kappa shape index (κ2) is 8.34. The van der Waals surface area contributed by atoms with Gasteiger partial charge < -0.3 is 14.7 Å². The Morgan fingerprint density at radius 3 is 2.59 bits per heavy atom. The molecule has 1 amide bonds. The zero-order valence-corrected chi connectivity index (χ0v) is 13.5. The van der Waals surface area contributed by atoms with Crippen LogP contribution in [-0.4, -0.2) is 36.7 Å². The number of methoxy groups -OCH3 is 1. The van der Waals surface area contributed by atoms with E-state index < -0.39 is 5.97 Å². The summed E-state index contributed by atoms with van der Waals surface area (Å²) in [5.41, 5.74) is 2.84. The van der Waals surface area contributed by atoms with Crippen LogP contribution in [0.2, 0.25) is 0 Å². The third-order valence-corrected chi connectivity index (χ3v) is 3.40.